The van der Waals surface area contributed by atoms with Gasteiger partial charge in [0.1, 0.15) is 6.04 Å². The predicted octanol–water partition coefficient (Wildman–Crippen LogP) is 3.34. The molecule has 2 aromatic rings. The van der Waals surface area contributed by atoms with E-state index < -0.39 is 16.1 Å². The molecule has 2 heterocycles. The number of nitrogens with zero attached hydrogens (tertiary/aromatic N) is 2. The molecule has 1 atom stereocenters. The maximum atomic E-state index is 13.7. The predicted molar refractivity (Wildman–Crippen MR) is 130 cm³/mol. The molecule has 0 bridgehead atoms. The largest absolute Gasteiger partial charge is 0.324 e. The molecule has 0 spiro atoms. The Morgan fingerprint density at radius 3 is 2.33 bits per heavy atom. The lowest BCUT2D eigenvalue weighted by molar-refractivity contribution is -0.127. The van der Waals surface area contributed by atoms with E-state index in [1.807, 2.05) is 55.5 Å². The van der Waals surface area contributed by atoms with Gasteiger partial charge >= 0.3 is 0 Å². The van der Waals surface area contributed by atoms with Crippen molar-refractivity contribution in [3.63, 3.8) is 0 Å². The molecule has 8 heteroatoms. The van der Waals surface area contributed by atoms with Crippen molar-refractivity contribution in [3.8, 4) is 0 Å². The summed E-state index contributed by atoms with van der Waals surface area (Å²) in [6, 6.07) is 14.7. The summed E-state index contributed by atoms with van der Waals surface area (Å²) < 4.78 is 25.9. The third-order valence-corrected chi connectivity index (χ3v) is 8.55. The Hall–Kier alpha value is -2.71. The van der Waals surface area contributed by atoms with Crippen molar-refractivity contribution in [2.45, 2.75) is 45.6 Å². The van der Waals surface area contributed by atoms with Crippen LogP contribution in [0.4, 0.5) is 11.4 Å². The summed E-state index contributed by atoms with van der Waals surface area (Å²) in [6.45, 7) is 4.29. The van der Waals surface area contributed by atoms with E-state index in [0.29, 0.717) is 38.0 Å². The minimum atomic E-state index is -3.26. The maximum Gasteiger partial charge on any atom is 0.247 e. The SMILES string of the molecule is CCS(=O)(=O)N1CCC(C(=O)N2c3ccccc3CCC2C(=O)Nc2ccc(C)cc2)CC1. The van der Waals surface area contributed by atoms with Gasteiger partial charge in [-0.05, 0) is 63.3 Å². The van der Waals surface area contributed by atoms with Crippen LogP contribution in [0.1, 0.15) is 37.3 Å². The van der Waals surface area contributed by atoms with Gasteiger partial charge in [0.05, 0.1) is 5.75 Å². The lowest BCUT2D eigenvalue weighted by Gasteiger charge is -2.40. The maximum absolute atomic E-state index is 13.7. The lowest BCUT2D eigenvalue weighted by atomic mass is 9.90. The summed E-state index contributed by atoms with van der Waals surface area (Å²) in [5.41, 5.74) is 3.64. The number of anilines is 2. The fourth-order valence-electron chi connectivity index (χ4n) is 4.69. The van der Waals surface area contributed by atoms with Gasteiger partial charge in [0.15, 0.2) is 0 Å². The molecular formula is C25H31N3O4S. The van der Waals surface area contributed by atoms with E-state index in [1.165, 1.54) is 4.31 Å². The van der Waals surface area contributed by atoms with Crippen LogP contribution in [0.15, 0.2) is 48.5 Å². The zero-order chi connectivity index (χ0) is 23.6. The Bertz CT molecular complexity index is 1120. The number of rotatable bonds is 5. The van der Waals surface area contributed by atoms with Crippen molar-refractivity contribution in [1.82, 2.24) is 4.31 Å². The number of para-hydroxylation sites is 1. The number of benzene rings is 2. The van der Waals surface area contributed by atoms with Crippen LogP contribution < -0.4 is 10.2 Å². The highest BCUT2D eigenvalue weighted by Crippen LogP contribution is 2.34. The van der Waals surface area contributed by atoms with Gasteiger partial charge in [0, 0.05) is 30.4 Å². The smallest absolute Gasteiger partial charge is 0.247 e. The zero-order valence-electron chi connectivity index (χ0n) is 19.2. The van der Waals surface area contributed by atoms with E-state index in [0.717, 1.165) is 23.2 Å². The van der Waals surface area contributed by atoms with E-state index in [9.17, 15) is 18.0 Å². The number of hydrogen-bond acceptors (Lipinski definition) is 4. The Morgan fingerprint density at radius 1 is 1.00 bits per heavy atom. The van der Waals surface area contributed by atoms with Gasteiger partial charge in [-0.3, -0.25) is 14.5 Å². The van der Waals surface area contributed by atoms with Gasteiger partial charge in [-0.15, -0.1) is 0 Å². The van der Waals surface area contributed by atoms with Gasteiger partial charge in [0.2, 0.25) is 21.8 Å². The number of carbonyl (C=O) groups excluding carboxylic acids is 2. The van der Waals surface area contributed by atoms with Crippen molar-refractivity contribution >= 4 is 33.2 Å². The summed E-state index contributed by atoms with van der Waals surface area (Å²) >= 11 is 0. The summed E-state index contributed by atoms with van der Waals surface area (Å²) in [6.07, 6.45) is 2.19. The van der Waals surface area contributed by atoms with E-state index in [-0.39, 0.29) is 23.5 Å². The minimum Gasteiger partial charge on any atom is -0.324 e. The number of nitrogens with one attached hydrogen (secondary N) is 1. The van der Waals surface area contributed by atoms with Crippen LogP contribution in [0.5, 0.6) is 0 Å². The highest BCUT2D eigenvalue weighted by Gasteiger charge is 2.40. The van der Waals surface area contributed by atoms with Crippen LogP contribution in [0, 0.1) is 12.8 Å². The molecule has 33 heavy (non-hydrogen) atoms. The number of sulfonamides is 1. The van der Waals surface area contributed by atoms with Crippen molar-refractivity contribution in [2.75, 3.05) is 29.1 Å². The number of fused-ring (bicyclic) bond motifs is 1. The van der Waals surface area contributed by atoms with E-state index in [4.69, 9.17) is 0 Å². The highest BCUT2D eigenvalue weighted by atomic mass is 32.2. The number of carbonyl (C=O) groups is 2. The summed E-state index contributed by atoms with van der Waals surface area (Å²) in [7, 11) is -3.26. The number of aryl methyl sites for hydroxylation is 2. The third-order valence-electron chi connectivity index (χ3n) is 6.67. The second kappa shape index (κ2) is 9.65. The van der Waals surface area contributed by atoms with Gasteiger partial charge in [0.25, 0.3) is 0 Å². The average Bonchev–Trinajstić information content (AvgIpc) is 2.84. The first-order valence-electron chi connectivity index (χ1n) is 11.6. The molecule has 2 aliphatic heterocycles. The van der Waals surface area contributed by atoms with Gasteiger partial charge in [-0.2, -0.15) is 0 Å². The monoisotopic (exact) mass is 469 g/mol. The summed E-state index contributed by atoms with van der Waals surface area (Å²) in [5, 5.41) is 2.97. The fraction of sp³-hybridized carbons (Fsp3) is 0.440. The zero-order valence-corrected chi connectivity index (χ0v) is 20.0. The molecule has 0 aromatic heterocycles. The first kappa shape index (κ1) is 23.4. The Balaban J connectivity index is 1.56. The average molecular weight is 470 g/mol. The van der Waals surface area contributed by atoms with Gasteiger partial charge < -0.3 is 5.32 Å². The van der Waals surface area contributed by atoms with Crippen LogP contribution in [0.25, 0.3) is 0 Å². The molecule has 1 N–H and O–H groups in total. The Labute approximate surface area is 195 Å². The molecule has 1 unspecified atom stereocenters. The quantitative estimate of drug-likeness (QED) is 0.728. The van der Waals surface area contributed by atoms with Crippen LogP contribution >= 0.6 is 0 Å². The van der Waals surface area contributed by atoms with Crippen molar-refractivity contribution in [3.05, 3.63) is 59.7 Å². The first-order valence-corrected chi connectivity index (χ1v) is 13.2. The Kier molecular flexibility index (Phi) is 6.86. The van der Waals surface area contributed by atoms with Crippen LogP contribution in [-0.2, 0) is 26.0 Å². The molecule has 0 aliphatic carbocycles. The number of piperidine rings is 1. The third kappa shape index (κ3) is 4.96. The molecule has 7 nitrogen and oxygen atoms in total. The minimum absolute atomic E-state index is 0.0619. The highest BCUT2D eigenvalue weighted by molar-refractivity contribution is 7.89. The molecule has 1 saturated heterocycles. The van der Waals surface area contributed by atoms with Crippen molar-refractivity contribution in [2.24, 2.45) is 5.92 Å². The molecule has 2 amide bonds. The summed E-state index contributed by atoms with van der Waals surface area (Å²) in [5.74, 6) is -0.548. The second-order valence-corrected chi connectivity index (χ2v) is 11.1. The molecule has 4 rings (SSSR count). The van der Waals surface area contributed by atoms with Crippen molar-refractivity contribution in [1.29, 1.82) is 0 Å². The molecule has 176 valence electrons. The molecule has 0 saturated carbocycles. The van der Waals surface area contributed by atoms with E-state index in [1.54, 1.807) is 11.8 Å². The number of amides is 2. The topological polar surface area (TPSA) is 86.8 Å². The molecule has 2 aliphatic rings. The number of hydrogen-bond donors (Lipinski definition) is 1. The first-order chi connectivity index (χ1) is 15.8. The second-order valence-electron chi connectivity index (χ2n) is 8.82. The molecule has 1 fully saturated rings. The van der Waals surface area contributed by atoms with Crippen LogP contribution in [0.2, 0.25) is 0 Å². The molecular weight excluding hydrogens is 438 g/mol. The van der Waals surface area contributed by atoms with Gasteiger partial charge in [-0.1, -0.05) is 35.9 Å². The molecule has 2 aromatic carbocycles. The van der Waals surface area contributed by atoms with E-state index in [2.05, 4.69) is 5.32 Å². The standard InChI is InChI=1S/C25H31N3O4S/c1-3-33(31,32)27-16-14-20(15-17-27)25(30)28-22-7-5-4-6-19(22)10-13-23(28)24(29)26-21-11-8-18(2)9-12-21/h4-9,11-12,20,23H,3,10,13-17H2,1-2H3,(H,26,29). The lowest BCUT2D eigenvalue weighted by Crippen LogP contribution is -2.53. The van der Waals surface area contributed by atoms with E-state index >= 15 is 0 Å². The molecule has 0 radical (unpaired) electrons. The fourth-order valence-corrected chi connectivity index (χ4v) is 5.82. The van der Waals surface area contributed by atoms with Crippen LogP contribution in [0.3, 0.4) is 0 Å². The van der Waals surface area contributed by atoms with Gasteiger partial charge in [-0.25, -0.2) is 12.7 Å². The van der Waals surface area contributed by atoms with Crippen molar-refractivity contribution < 1.29 is 18.0 Å². The van der Waals surface area contributed by atoms with Crippen LogP contribution in [-0.4, -0.2) is 49.4 Å². The Morgan fingerprint density at radius 2 is 1.67 bits per heavy atom. The summed E-state index contributed by atoms with van der Waals surface area (Å²) in [4.78, 5) is 28.7. The normalized spacial score (nSPS) is 19.7.